The number of rotatable bonds is 9. The standard InChI is InChI=1S/C31H31BrFN3O3/c1-6-8-22-15-21(16-27(38-7-2)28(22)39-19-20-9-12-24(33)13-10-20)18-34-36-29(37)25-17-23(32)11-14-26(25)35-30(36)31(3,4)5/h6,9-18H,1,7-8,19H2,2-5H3. The van der Waals surface area contributed by atoms with Gasteiger partial charge in [0.1, 0.15) is 18.2 Å². The van der Waals surface area contributed by atoms with Gasteiger partial charge in [0, 0.05) is 15.5 Å². The second kappa shape index (κ2) is 11.9. The predicted molar refractivity (Wildman–Crippen MR) is 158 cm³/mol. The van der Waals surface area contributed by atoms with E-state index in [9.17, 15) is 9.18 Å². The largest absolute Gasteiger partial charge is 0.490 e. The molecule has 4 aromatic rings. The van der Waals surface area contributed by atoms with Crippen molar-refractivity contribution in [2.24, 2.45) is 5.10 Å². The normalized spacial score (nSPS) is 11.7. The number of aromatic nitrogens is 2. The maximum absolute atomic E-state index is 13.5. The SMILES string of the molecule is C=CCc1cc(C=Nn2c(C(C)(C)C)nc3ccc(Br)cc3c2=O)cc(OCC)c1OCc1ccc(F)cc1. The summed E-state index contributed by atoms with van der Waals surface area (Å²) in [6, 6.07) is 15.4. The van der Waals surface area contributed by atoms with Gasteiger partial charge in [-0.25, -0.2) is 9.37 Å². The quantitative estimate of drug-likeness (QED) is 0.153. The number of fused-ring (bicyclic) bond motifs is 1. The van der Waals surface area contributed by atoms with Gasteiger partial charge in [-0.3, -0.25) is 4.79 Å². The smallest absolute Gasteiger partial charge is 0.282 e. The lowest BCUT2D eigenvalue weighted by atomic mass is 9.95. The van der Waals surface area contributed by atoms with E-state index in [1.165, 1.54) is 16.8 Å². The Kier molecular flexibility index (Phi) is 8.65. The summed E-state index contributed by atoms with van der Waals surface area (Å²) >= 11 is 3.44. The second-order valence-corrected chi connectivity index (χ2v) is 11.0. The Bertz CT molecular complexity index is 1590. The zero-order chi connectivity index (χ0) is 28.2. The van der Waals surface area contributed by atoms with Gasteiger partial charge in [-0.1, -0.05) is 54.9 Å². The molecule has 0 atom stereocenters. The van der Waals surface area contributed by atoms with Gasteiger partial charge in [-0.15, -0.1) is 6.58 Å². The van der Waals surface area contributed by atoms with Crippen molar-refractivity contribution in [3.05, 3.63) is 110 Å². The fraction of sp³-hybridized carbons (Fsp3) is 0.258. The van der Waals surface area contributed by atoms with Gasteiger partial charge in [0.2, 0.25) is 0 Å². The molecule has 0 N–H and O–H groups in total. The van der Waals surface area contributed by atoms with Crippen LogP contribution in [0.4, 0.5) is 4.39 Å². The Morgan fingerprint density at radius 2 is 1.85 bits per heavy atom. The molecule has 0 unspecified atom stereocenters. The summed E-state index contributed by atoms with van der Waals surface area (Å²) in [6.45, 7) is 12.4. The number of hydrogen-bond donors (Lipinski definition) is 0. The van der Waals surface area contributed by atoms with Crippen molar-refractivity contribution in [1.82, 2.24) is 9.66 Å². The van der Waals surface area contributed by atoms with Crippen LogP contribution in [-0.2, 0) is 18.4 Å². The van der Waals surface area contributed by atoms with E-state index >= 15 is 0 Å². The Labute approximate surface area is 235 Å². The van der Waals surface area contributed by atoms with E-state index in [-0.39, 0.29) is 18.0 Å². The molecule has 4 rings (SSSR count). The lowest BCUT2D eigenvalue weighted by Crippen LogP contribution is -2.29. The van der Waals surface area contributed by atoms with Crippen molar-refractivity contribution in [3.8, 4) is 11.5 Å². The number of hydrogen-bond acceptors (Lipinski definition) is 5. The molecule has 0 saturated carbocycles. The van der Waals surface area contributed by atoms with Crippen molar-refractivity contribution in [1.29, 1.82) is 0 Å². The Hall–Kier alpha value is -3.78. The summed E-state index contributed by atoms with van der Waals surface area (Å²) in [5.41, 5.74) is 2.35. The van der Waals surface area contributed by atoms with Crippen LogP contribution in [0, 0.1) is 5.82 Å². The highest BCUT2D eigenvalue weighted by atomic mass is 79.9. The molecular formula is C31H31BrFN3O3. The predicted octanol–water partition coefficient (Wildman–Crippen LogP) is 7.18. The van der Waals surface area contributed by atoms with Crippen molar-refractivity contribution in [2.45, 2.75) is 46.1 Å². The lowest BCUT2D eigenvalue weighted by molar-refractivity contribution is 0.267. The molecular weight excluding hydrogens is 561 g/mol. The molecule has 1 heterocycles. The third-order valence-electron chi connectivity index (χ3n) is 5.92. The molecule has 0 fully saturated rings. The first-order chi connectivity index (χ1) is 18.6. The minimum Gasteiger partial charge on any atom is -0.490 e. The van der Waals surface area contributed by atoms with Crippen LogP contribution >= 0.6 is 15.9 Å². The first kappa shape index (κ1) is 28.2. The number of allylic oxidation sites excluding steroid dienone is 1. The molecule has 8 heteroatoms. The van der Waals surface area contributed by atoms with Crippen molar-refractivity contribution in [3.63, 3.8) is 0 Å². The molecule has 202 valence electrons. The van der Waals surface area contributed by atoms with Gasteiger partial charge >= 0.3 is 0 Å². The highest BCUT2D eigenvalue weighted by molar-refractivity contribution is 9.10. The van der Waals surface area contributed by atoms with E-state index in [1.54, 1.807) is 30.5 Å². The molecule has 6 nitrogen and oxygen atoms in total. The van der Waals surface area contributed by atoms with E-state index < -0.39 is 5.41 Å². The molecule has 0 aliphatic carbocycles. The molecule has 3 aromatic carbocycles. The van der Waals surface area contributed by atoms with Crippen LogP contribution in [-0.4, -0.2) is 22.5 Å². The Morgan fingerprint density at radius 3 is 2.51 bits per heavy atom. The highest BCUT2D eigenvalue weighted by Crippen LogP contribution is 2.34. The van der Waals surface area contributed by atoms with Crippen LogP contribution in [0.2, 0.25) is 0 Å². The van der Waals surface area contributed by atoms with E-state index in [0.29, 0.717) is 41.3 Å². The van der Waals surface area contributed by atoms with Crippen molar-refractivity contribution >= 4 is 33.0 Å². The first-order valence-corrected chi connectivity index (χ1v) is 13.4. The molecule has 39 heavy (non-hydrogen) atoms. The summed E-state index contributed by atoms with van der Waals surface area (Å²) in [5, 5.41) is 5.07. The Morgan fingerprint density at radius 1 is 1.10 bits per heavy atom. The number of nitrogens with zero attached hydrogens (tertiary/aromatic N) is 3. The zero-order valence-electron chi connectivity index (χ0n) is 22.5. The van der Waals surface area contributed by atoms with Crippen LogP contribution in [0.15, 0.2) is 81.6 Å². The van der Waals surface area contributed by atoms with Gasteiger partial charge in [0.15, 0.2) is 11.5 Å². The molecule has 0 amide bonds. The monoisotopic (exact) mass is 591 g/mol. The topological polar surface area (TPSA) is 65.7 Å². The summed E-state index contributed by atoms with van der Waals surface area (Å²) < 4.78 is 27.6. The highest BCUT2D eigenvalue weighted by Gasteiger charge is 2.23. The van der Waals surface area contributed by atoms with Crippen LogP contribution in [0.3, 0.4) is 0 Å². The summed E-state index contributed by atoms with van der Waals surface area (Å²) in [5.74, 6) is 1.38. The molecule has 0 spiro atoms. The summed E-state index contributed by atoms with van der Waals surface area (Å²) in [7, 11) is 0. The maximum Gasteiger partial charge on any atom is 0.282 e. The average Bonchev–Trinajstić information content (AvgIpc) is 2.88. The van der Waals surface area contributed by atoms with E-state index in [1.807, 2.05) is 52.0 Å². The number of benzene rings is 3. The fourth-order valence-corrected chi connectivity index (χ4v) is 4.45. The van der Waals surface area contributed by atoms with E-state index in [2.05, 4.69) is 27.6 Å². The van der Waals surface area contributed by atoms with Crippen LogP contribution < -0.4 is 15.0 Å². The van der Waals surface area contributed by atoms with Gasteiger partial charge in [0.05, 0.1) is 23.7 Å². The summed E-state index contributed by atoms with van der Waals surface area (Å²) in [4.78, 5) is 18.3. The molecule has 0 radical (unpaired) electrons. The van der Waals surface area contributed by atoms with Gasteiger partial charge in [0.25, 0.3) is 5.56 Å². The molecule has 0 bridgehead atoms. The maximum atomic E-state index is 13.5. The van der Waals surface area contributed by atoms with Gasteiger partial charge < -0.3 is 9.47 Å². The molecule has 1 aromatic heterocycles. The fourth-order valence-electron chi connectivity index (χ4n) is 4.09. The summed E-state index contributed by atoms with van der Waals surface area (Å²) in [6.07, 6.45) is 3.93. The van der Waals surface area contributed by atoms with E-state index in [4.69, 9.17) is 14.5 Å². The second-order valence-electron chi connectivity index (χ2n) is 10.1. The first-order valence-electron chi connectivity index (χ1n) is 12.7. The average molecular weight is 593 g/mol. The number of halogens is 2. The third-order valence-corrected chi connectivity index (χ3v) is 6.41. The van der Waals surface area contributed by atoms with E-state index in [0.717, 1.165) is 21.2 Å². The van der Waals surface area contributed by atoms with Crippen LogP contribution in [0.1, 0.15) is 50.2 Å². The van der Waals surface area contributed by atoms with Gasteiger partial charge in [-0.2, -0.15) is 9.78 Å². The van der Waals surface area contributed by atoms with Crippen molar-refractivity contribution < 1.29 is 13.9 Å². The molecule has 0 saturated heterocycles. The van der Waals surface area contributed by atoms with Crippen LogP contribution in [0.25, 0.3) is 10.9 Å². The Balaban J connectivity index is 1.78. The van der Waals surface area contributed by atoms with Crippen molar-refractivity contribution in [2.75, 3.05) is 6.61 Å². The number of ether oxygens (including phenoxy) is 2. The lowest BCUT2D eigenvalue weighted by Gasteiger charge is -2.21. The minimum absolute atomic E-state index is 0.251. The minimum atomic E-state index is -0.430. The zero-order valence-corrected chi connectivity index (χ0v) is 24.1. The molecule has 0 aliphatic rings. The third kappa shape index (κ3) is 6.63. The molecule has 0 aliphatic heterocycles. The van der Waals surface area contributed by atoms with Crippen LogP contribution in [0.5, 0.6) is 11.5 Å². The van der Waals surface area contributed by atoms with Gasteiger partial charge in [-0.05, 0) is 66.9 Å².